The van der Waals surface area contributed by atoms with Gasteiger partial charge < -0.3 is 14.6 Å². The van der Waals surface area contributed by atoms with Gasteiger partial charge in [-0.1, -0.05) is 20.8 Å². The van der Waals surface area contributed by atoms with E-state index in [1.54, 1.807) is 18.2 Å². The van der Waals surface area contributed by atoms with Gasteiger partial charge in [0, 0.05) is 17.6 Å². The van der Waals surface area contributed by atoms with E-state index in [-0.39, 0.29) is 12.0 Å². The van der Waals surface area contributed by atoms with Crippen molar-refractivity contribution >= 4 is 22.7 Å². The lowest BCUT2D eigenvalue weighted by molar-refractivity contribution is -0.157. The molecule has 1 amide bonds. The first-order chi connectivity index (χ1) is 11.5. The van der Waals surface area contributed by atoms with Crippen molar-refractivity contribution in [2.24, 2.45) is 0 Å². The number of aromatic nitrogens is 1. The van der Waals surface area contributed by atoms with Crippen LogP contribution < -0.4 is 5.32 Å². The topological polar surface area (TPSA) is 58.4 Å². The number of oxazole rings is 1. The molecule has 0 bridgehead atoms. The summed E-state index contributed by atoms with van der Waals surface area (Å²) >= 11 is 0. The number of carbonyl (C=O) groups excluding carboxylic acids is 1. The Labute approximate surface area is 143 Å². The Bertz CT molecular complexity index is 793. The molecule has 0 aliphatic carbocycles. The van der Waals surface area contributed by atoms with Crippen LogP contribution in [0.3, 0.4) is 0 Å². The second-order valence-electron chi connectivity index (χ2n) is 7.31. The van der Waals surface area contributed by atoms with E-state index in [1.165, 1.54) is 0 Å². The van der Waals surface area contributed by atoms with Crippen LogP contribution in [0.1, 0.15) is 33.1 Å². The lowest BCUT2D eigenvalue weighted by Crippen LogP contribution is -2.39. The number of benzene rings is 1. The van der Waals surface area contributed by atoms with Gasteiger partial charge in [0.1, 0.15) is 18.1 Å². The van der Waals surface area contributed by atoms with Crippen LogP contribution >= 0.6 is 0 Å². The number of alkyl halides is 3. The summed E-state index contributed by atoms with van der Waals surface area (Å²) in [5, 5.41) is 3.01. The minimum atomic E-state index is -4.38. The lowest BCUT2D eigenvalue weighted by atomic mass is 9.97. The third kappa shape index (κ3) is 3.88. The van der Waals surface area contributed by atoms with E-state index in [0.717, 1.165) is 4.90 Å². The van der Waals surface area contributed by atoms with Crippen molar-refractivity contribution in [3.05, 3.63) is 24.1 Å². The summed E-state index contributed by atoms with van der Waals surface area (Å²) in [6.07, 6.45) is -4.05. The maximum Gasteiger partial charge on any atom is 0.406 e. The van der Waals surface area contributed by atoms with Crippen LogP contribution in [0.2, 0.25) is 0 Å². The quantitative estimate of drug-likeness (QED) is 0.912. The zero-order chi connectivity index (χ0) is 18.4. The van der Waals surface area contributed by atoms with E-state index in [9.17, 15) is 18.0 Å². The summed E-state index contributed by atoms with van der Waals surface area (Å²) in [7, 11) is 0. The Hall–Kier alpha value is -2.25. The maximum absolute atomic E-state index is 12.5. The molecular formula is C17H20F3N3O2. The third-order valence-corrected chi connectivity index (χ3v) is 4.04. The SMILES string of the molecule is CC(C)(C)c1nc2cc(NC3CCN(CC(F)(F)F)C3=O)ccc2o1. The molecule has 136 valence electrons. The summed E-state index contributed by atoms with van der Waals surface area (Å²) in [5.41, 5.74) is 1.68. The lowest BCUT2D eigenvalue weighted by Gasteiger charge is -2.19. The smallest absolute Gasteiger partial charge is 0.406 e. The molecule has 5 nitrogen and oxygen atoms in total. The number of fused-ring (bicyclic) bond motifs is 1. The van der Waals surface area contributed by atoms with Crippen LogP contribution in [0.5, 0.6) is 0 Å². The summed E-state index contributed by atoms with van der Waals surface area (Å²) in [4.78, 5) is 17.4. The zero-order valence-corrected chi connectivity index (χ0v) is 14.3. The normalized spacial score (nSPS) is 19.0. The Kier molecular flexibility index (Phi) is 4.17. The van der Waals surface area contributed by atoms with Crippen LogP contribution in [0.15, 0.2) is 22.6 Å². The minimum absolute atomic E-state index is 0.0936. The fourth-order valence-corrected chi connectivity index (χ4v) is 2.79. The predicted octanol–water partition coefficient (Wildman–Crippen LogP) is 3.70. The molecule has 3 rings (SSSR count). The molecule has 2 heterocycles. The van der Waals surface area contributed by atoms with Gasteiger partial charge in [-0.2, -0.15) is 13.2 Å². The second-order valence-corrected chi connectivity index (χ2v) is 7.31. The van der Waals surface area contributed by atoms with E-state index in [4.69, 9.17) is 4.42 Å². The molecule has 1 aromatic heterocycles. The third-order valence-electron chi connectivity index (χ3n) is 4.04. The van der Waals surface area contributed by atoms with E-state index in [2.05, 4.69) is 10.3 Å². The molecule has 1 N–H and O–H groups in total. The zero-order valence-electron chi connectivity index (χ0n) is 14.3. The van der Waals surface area contributed by atoms with Crippen molar-refractivity contribution in [3.8, 4) is 0 Å². The van der Waals surface area contributed by atoms with Crippen LogP contribution in [-0.2, 0) is 10.2 Å². The first kappa shape index (κ1) is 17.6. The van der Waals surface area contributed by atoms with Crippen LogP contribution in [-0.4, -0.2) is 41.1 Å². The van der Waals surface area contributed by atoms with E-state index in [1.807, 2.05) is 20.8 Å². The minimum Gasteiger partial charge on any atom is -0.440 e. The van der Waals surface area contributed by atoms with Gasteiger partial charge in [-0.05, 0) is 24.6 Å². The molecule has 8 heteroatoms. The van der Waals surface area contributed by atoms with Crippen molar-refractivity contribution < 1.29 is 22.4 Å². The fourth-order valence-electron chi connectivity index (χ4n) is 2.79. The molecular weight excluding hydrogens is 335 g/mol. The molecule has 1 fully saturated rings. The molecule has 0 radical (unpaired) electrons. The Balaban J connectivity index is 1.74. The van der Waals surface area contributed by atoms with Gasteiger partial charge >= 0.3 is 6.18 Å². The van der Waals surface area contributed by atoms with Gasteiger partial charge in [0.15, 0.2) is 5.58 Å². The van der Waals surface area contributed by atoms with Crippen molar-refractivity contribution in [2.75, 3.05) is 18.4 Å². The van der Waals surface area contributed by atoms with Gasteiger partial charge in [-0.3, -0.25) is 4.79 Å². The van der Waals surface area contributed by atoms with Crippen molar-refractivity contribution in [1.29, 1.82) is 0 Å². The number of halogens is 3. The van der Waals surface area contributed by atoms with Gasteiger partial charge in [-0.25, -0.2) is 4.98 Å². The second kappa shape index (κ2) is 5.93. The number of nitrogens with one attached hydrogen (secondary N) is 1. The van der Waals surface area contributed by atoms with E-state index >= 15 is 0 Å². The highest BCUT2D eigenvalue weighted by Gasteiger charge is 2.39. The highest BCUT2D eigenvalue weighted by molar-refractivity contribution is 5.87. The maximum atomic E-state index is 12.5. The van der Waals surface area contributed by atoms with E-state index < -0.39 is 24.7 Å². The summed E-state index contributed by atoms with van der Waals surface area (Å²) in [6.45, 7) is 4.85. The number of nitrogens with zero attached hydrogens (tertiary/aromatic N) is 2. The highest BCUT2D eigenvalue weighted by Crippen LogP contribution is 2.28. The number of likely N-dealkylation sites (tertiary alicyclic amines) is 1. The molecule has 1 aliphatic heterocycles. The Morgan fingerprint density at radius 3 is 2.68 bits per heavy atom. The standard InChI is InChI=1S/C17H20F3N3O2/c1-16(2,3)15-22-12-8-10(4-5-13(12)25-15)21-11-6-7-23(14(11)24)9-17(18,19)20/h4-5,8,11,21H,6-7,9H2,1-3H3. The molecule has 2 aromatic rings. The largest absolute Gasteiger partial charge is 0.440 e. The van der Waals surface area contributed by atoms with Crippen LogP contribution in [0, 0.1) is 0 Å². The summed E-state index contributed by atoms with van der Waals surface area (Å²) < 4.78 is 43.1. The average molecular weight is 355 g/mol. The summed E-state index contributed by atoms with van der Waals surface area (Å²) in [5.74, 6) is 0.0703. The van der Waals surface area contributed by atoms with Crippen molar-refractivity contribution in [1.82, 2.24) is 9.88 Å². The van der Waals surface area contributed by atoms with Gasteiger partial charge in [0.25, 0.3) is 0 Å². The Morgan fingerprint density at radius 2 is 2.04 bits per heavy atom. The molecule has 0 spiro atoms. The highest BCUT2D eigenvalue weighted by atomic mass is 19.4. The average Bonchev–Trinajstić information content (AvgIpc) is 3.03. The molecule has 1 saturated heterocycles. The molecule has 1 aliphatic rings. The molecule has 1 atom stereocenters. The van der Waals surface area contributed by atoms with Crippen LogP contribution in [0.4, 0.5) is 18.9 Å². The molecule has 25 heavy (non-hydrogen) atoms. The number of hydrogen-bond acceptors (Lipinski definition) is 4. The monoisotopic (exact) mass is 355 g/mol. The number of carbonyl (C=O) groups is 1. The number of anilines is 1. The molecule has 1 unspecified atom stereocenters. The molecule has 0 saturated carbocycles. The van der Waals surface area contributed by atoms with Crippen molar-refractivity contribution in [2.45, 2.75) is 44.8 Å². The van der Waals surface area contributed by atoms with Gasteiger partial charge in [0.05, 0.1) is 0 Å². The van der Waals surface area contributed by atoms with Gasteiger partial charge in [-0.15, -0.1) is 0 Å². The first-order valence-electron chi connectivity index (χ1n) is 8.06. The van der Waals surface area contributed by atoms with Crippen LogP contribution in [0.25, 0.3) is 11.1 Å². The Morgan fingerprint density at radius 1 is 1.32 bits per heavy atom. The van der Waals surface area contributed by atoms with Gasteiger partial charge in [0.2, 0.25) is 11.8 Å². The molecule has 1 aromatic carbocycles. The fraction of sp³-hybridized carbons (Fsp3) is 0.529. The predicted molar refractivity (Wildman–Crippen MR) is 87.4 cm³/mol. The van der Waals surface area contributed by atoms with Crippen molar-refractivity contribution in [3.63, 3.8) is 0 Å². The number of rotatable bonds is 3. The number of amides is 1. The number of hydrogen-bond donors (Lipinski definition) is 1. The summed E-state index contributed by atoms with van der Waals surface area (Å²) in [6, 6.07) is 4.56. The first-order valence-corrected chi connectivity index (χ1v) is 8.06. The van der Waals surface area contributed by atoms with E-state index in [0.29, 0.717) is 29.1 Å².